The molecule has 0 atom stereocenters. The van der Waals surface area contributed by atoms with Gasteiger partial charge in [-0.2, -0.15) is 0 Å². The van der Waals surface area contributed by atoms with Gasteiger partial charge in [0.05, 0.1) is 5.60 Å². The van der Waals surface area contributed by atoms with E-state index in [0.29, 0.717) is 5.92 Å². The molecule has 2 fully saturated rings. The molecular weight excluding hydrogens is 208 g/mol. The van der Waals surface area contributed by atoms with Crippen LogP contribution in [-0.2, 0) is 6.42 Å². The van der Waals surface area contributed by atoms with Crippen LogP contribution in [0.25, 0.3) is 0 Å². The summed E-state index contributed by atoms with van der Waals surface area (Å²) in [6.07, 6.45) is 5.20. The van der Waals surface area contributed by atoms with Crippen LogP contribution in [0.3, 0.4) is 0 Å². The summed E-state index contributed by atoms with van der Waals surface area (Å²) in [5.74, 6) is 0.704. The van der Waals surface area contributed by atoms with E-state index in [2.05, 4.69) is 12.1 Å². The van der Waals surface area contributed by atoms with Gasteiger partial charge >= 0.3 is 0 Å². The van der Waals surface area contributed by atoms with Gasteiger partial charge in [0.1, 0.15) is 0 Å². The molecule has 1 aromatic rings. The molecule has 0 heterocycles. The summed E-state index contributed by atoms with van der Waals surface area (Å²) in [6.45, 7) is 0. The van der Waals surface area contributed by atoms with Crippen molar-refractivity contribution in [3.8, 4) is 0 Å². The minimum Gasteiger partial charge on any atom is -0.390 e. The van der Waals surface area contributed by atoms with Crippen molar-refractivity contribution in [1.82, 2.24) is 0 Å². The number of benzene rings is 1. The number of hydrogen-bond acceptors (Lipinski definition) is 1. The monoisotopic (exact) mass is 222 g/mol. The fourth-order valence-corrected chi connectivity index (χ4v) is 2.46. The van der Waals surface area contributed by atoms with Gasteiger partial charge in [0, 0.05) is 11.4 Å². The number of halogens is 1. The van der Waals surface area contributed by atoms with E-state index < -0.39 is 5.60 Å². The van der Waals surface area contributed by atoms with Crippen molar-refractivity contribution in [2.24, 2.45) is 0 Å². The third-order valence-corrected chi connectivity index (χ3v) is 3.77. The summed E-state index contributed by atoms with van der Waals surface area (Å²) in [4.78, 5) is 0. The molecule has 0 amide bonds. The highest BCUT2D eigenvalue weighted by Crippen LogP contribution is 2.44. The lowest BCUT2D eigenvalue weighted by Gasteiger charge is -2.09. The summed E-state index contributed by atoms with van der Waals surface area (Å²) in [5.41, 5.74) is 2.05. The van der Waals surface area contributed by atoms with Gasteiger partial charge in [0.25, 0.3) is 0 Å². The van der Waals surface area contributed by atoms with Gasteiger partial charge in [0.2, 0.25) is 0 Å². The molecule has 0 aliphatic heterocycles. The van der Waals surface area contributed by atoms with Crippen molar-refractivity contribution in [3.05, 3.63) is 34.3 Å². The first-order valence-corrected chi connectivity index (χ1v) is 6.05. The fraction of sp³-hybridized carbons (Fsp3) is 0.538. The van der Waals surface area contributed by atoms with Crippen molar-refractivity contribution in [2.45, 2.75) is 43.6 Å². The minimum atomic E-state index is -0.412. The Bertz CT molecular complexity index is 392. The zero-order valence-corrected chi connectivity index (χ0v) is 9.43. The van der Waals surface area contributed by atoms with Crippen LogP contribution in [0.15, 0.2) is 18.2 Å². The Morgan fingerprint density at radius 3 is 2.60 bits per heavy atom. The van der Waals surface area contributed by atoms with E-state index in [4.69, 9.17) is 11.6 Å². The molecule has 3 rings (SSSR count). The van der Waals surface area contributed by atoms with Crippen LogP contribution in [-0.4, -0.2) is 10.7 Å². The second-order valence-corrected chi connectivity index (χ2v) is 5.44. The van der Waals surface area contributed by atoms with Crippen molar-refractivity contribution in [2.75, 3.05) is 0 Å². The van der Waals surface area contributed by atoms with Crippen LogP contribution in [0.5, 0.6) is 0 Å². The molecular formula is C13H15ClO. The quantitative estimate of drug-likeness (QED) is 0.832. The van der Waals surface area contributed by atoms with Gasteiger partial charge in [-0.15, -0.1) is 0 Å². The average molecular weight is 223 g/mol. The van der Waals surface area contributed by atoms with Gasteiger partial charge in [-0.05, 0) is 48.8 Å². The summed E-state index contributed by atoms with van der Waals surface area (Å²) in [6, 6.07) is 6.29. The van der Waals surface area contributed by atoms with Crippen molar-refractivity contribution >= 4 is 11.6 Å². The number of hydrogen-bond donors (Lipinski definition) is 1. The fourth-order valence-electron chi connectivity index (χ4n) is 2.11. The van der Waals surface area contributed by atoms with E-state index in [1.165, 1.54) is 24.0 Å². The molecule has 1 nitrogen and oxygen atoms in total. The first kappa shape index (κ1) is 9.68. The number of rotatable bonds is 3. The molecule has 1 N–H and O–H groups in total. The molecule has 0 aromatic heterocycles. The second-order valence-electron chi connectivity index (χ2n) is 5.03. The van der Waals surface area contributed by atoms with Gasteiger partial charge < -0.3 is 5.11 Å². The highest BCUT2D eigenvalue weighted by Gasteiger charge is 2.40. The van der Waals surface area contributed by atoms with E-state index in [1.807, 2.05) is 6.07 Å². The Morgan fingerprint density at radius 1 is 1.33 bits per heavy atom. The third kappa shape index (κ3) is 2.04. The molecule has 80 valence electrons. The first-order chi connectivity index (χ1) is 7.16. The zero-order valence-electron chi connectivity index (χ0n) is 8.67. The molecule has 2 saturated carbocycles. The summed E-state index contributed by atoms with van der Waals surface area (Å²) < 4.78 is 0. The highest BCUT2D eigenvalue weighted by molar-refractivity contribution is 6.31. The predicted molar refractivity (Wildman–Crippen MR) is 61.3 cm³/mol. The van der Waals surface area contributed by atoms with E-state index >= 15 is 0 Å². The van der Waals surface area contributed by atoms with Crippen LogP contribution < -0.4 is 0 Å². The zero-order chi connectivity index (χ0) is 10.5. The lowest BCUT2D eigenvalue weighted by Crippen LogP contribution is -2.10. The molecule has 0 spiro atoms. The van der Waals surface area contributed by atoms with Crippen LogP contribution in [0, 0.1) is 0 Å². The van der Waals surface area contributed by atoms with E-state index in [9.17, 15) is 5.11 Å². The Kier molecular flexibility index (Phi) is 2.08. The number of aliphatic hydroxyl groups is 1. The molecule has 15 heavy (non-hydrogen) atoms. The van der Waals surface area contributed by atoms with Crippen molar-refractivity contribution in [1.29, 1.82) is 0 Å². The lowest BCUT2D eigenvalue weighted by molar-refractivity contribution is 0.151. The van der Waals surface area contributed by atoms with Crippen LogP contribution in [0.2, 0.25) is 5.02 Å². The largest absolute Gasteiger partial charge is 0.390 e. The predicted octanol–water partition coefficient (Wildman–Crippen LogP) is 3.28. The molecule has 0 unspecified atom stereocenters. The SMILES string of the molecule is OC1(Cc2ccc(C3CC3)c(Cl)c2)CC1. The first-order valence-electron chi connectivity index (χ1n) is 5.67. The molecule has 2 aliphatic rings. The van der Waals surface area contributed by atoms with E-state index in [-0.39, 0.29) is 0 Å². The maximum absolute atomic E-state index is 9.82. The van der Waals surface area contributed by atoms with Gasteiger partial charge in [-0.1, -0.05) is 23.7 Å². The molecule has 1 aromatic carbocycles. The summed E-state index contributed by atoms with van der Waals surface area (Å²) in [7, 11) is 0. The Hall–Kier alpha value is -0.530. The molecule has 2 aliphatic carbocycles. The summed E-state index contributed by atoms with van der Waals surface area (Å²) in [5, 5.41) is 10.7. The smallest absolute Gasteiger partial charge is 0.0690 e. The van der Waals surface area contributed by atoms with Crippen LogP contribution in [0.1, 0.15) is 42.7 Å². The third-order valence-electron chi connectivity index (χ3n) is 3.44. The lowest BCUT2D eigenvalue weighted by atomic mass is 10.0. The van der Waals surface area contributed by atoms with Crippen LogP contribution >= 0.6 is 11.6 Å². The van der Waals surface area contributed by atoms with Crippen LogP contribution in [0.4, 0.5) is 0 Å². The van der Waals surface area contributed by atoms with Gasteiger partial charge in [0.15, 0.2) is 0 Å². The standard InChI is InChI=1S/C13H15ClO/c14-12-7-9(8-13(15)5-6-13)1-4-11(12)10-2-3-10/h1,4,7,10,15H,2-3,5-6,8H2. The van der Waals surface area contributed by atoms with E-state index in [1.54, 1.807) is 0 Å². The molecule has 0 saturated heterocycles. The van der Waals surface area contributed by atoms with E-state index in [0.717, 1.165) is 24.3 Å². The van der Waals surface area contributed by atoms with Crippen molar-refractivity contribution < 1.29 is 5.11 Å². The maximum atomic E-state index is 9.82. The van der Waals surface area contributed by atoms with Crippen molar-refractivity contribution in [3.63, 3.8) is 0 Å². The molecule has 0 bridgehead atoms. The summed E-state index contributed by atoms with van der Waals surface area (Å²) >= 11 is 6.23. The Balaban J connectivity index is 1.81. The topological polar surface area (TPSA) is 20.2 Å². The Labute approximate surface area is 95.1 Å². The highest BCUT2D eigenvalue weighted by atomic mass is 35.5. The second kappa shape index (κ2) is 3.23. The normalized spacial score (nSPS) is 22.8. The molecule has 2 heteroatoms. The van der Waals surface area contributed by atoms with Gasteiger partial charge in [-0.25, -0.2) is 0 Å². The Morgan fingerprint density at radius 2 is 2.07 bits per heavy atom. The maximum Gasteiger partial charge on any atom is 0.0690 e. The van der Waals surface area contributed by atoms with Gasteiger partial charge in [-0.3, -0.25) is 0 Å². The minimum absolute atomic E-state index is 0.412. The molecule has 0 radical (unpaired) electrons. The average Bonchev–Trinajstić information content (AvgIpc) is 3.03.